The number of nitrogens with one attached hydrogen (secondary N) is 1. The Morgan fingerprint density at radius 2 is 2.11 bits per heavy atom. The molecule has 2 amide bonds. The van der Waals surface area contributed by atoms with E-state index in [0.717, 1.165) is 6.42 Å². The first-order valence-corrected chi connectivity index (χ1v) is 6.22. The maximum Gasteiger partial charge on any atom is 0.354 e. The summed E-state index contributed by atoms with van der Waals surface area (Å²) in [6.07, 6.45) is 2.22. The second kappa shape index (κ2) is 6.72. The lowest BCUT2D eigenvalue weighted by Crippen LogP contribution is -2.40. The molecule has 1 aromatic heterocycles. The molecule has 0 bridgehead atoms. The lowest BCUT2D eigenvalue weighted by molar-refractivity contribution is 0.0690. The van der Waals surface area contributed by atoms with E-state index < -0.39 is 5.97 Å². The van der Waals surface area contributed by atoms with Crippen molar-refractivity contribution >= 4 is 17.7 Å². The molecular formula is C13H19N3O3. The largest absolute Gasteiger partial charge is 0.477 e. The molecule has 6 heteroatoms. The molecule has 0 fully saturated rings. The Hall–Kier alpha value is -2.11. The van der Waals surface area contributed by atoms with E-state index in [1.807, 2.05) is 20.8 Å². The Morgan fingerprint density at radius 3 is 2.53 bits per heavy atom. The number of urea groups is 1. The van der Waals surface area contributed by atoms with Crippen molar-refractivity contribution in [3.8, 4) is 0 Å². The molecule has 0 saturated heterocycles. The lowest BCUT2D eigenvalue weighted by atomic mass is 10.3. The highest BCUT2D eigenvalue weighted by Crippen LogP contribution is 2.09. The van der Waals surface area contributed by atoms with Crippen molar-refractivity contribution in [3.05, 3.63) is 24.0 Å². The topological polar surface area (TPSA) is 82.5 Å². The molecule has 0 spiro atoms. The van der Waals surface area contributed by atoms with Crippen LogP contribution in [0.3, 0.4) is 0 Å². The van der Waals surface area contributed by atoms with Crippen molar-refractivity contribution in [1.82, 2.24) is 9.88 Å². The van der Waals surface area contributed by atoms with Crippen molar-refractivity contribution in [3.63, 3.8) is 0 Å². The van der Waals surface area contributed by atoms with Crippen molar-refractivity contribution in [2.24, 2.45) is 0 Å². The van der Waals surface area contributed by atoms with Gasteiger partial charge in [-0.15, -0.1) is 0 Å². The first-order chi connectivity index (χ1) is 8.95. The number of hydrogen-bond donors (Lipinski definition) is 2. The van der Waals surface area contributed by atoms with E-state index in [1.165, 1.54) is 18.3 Å². The zero-order chi connectivity index (χ0) is 14.4. The van der Waals surface area contributed by atoms with Gasteiger partial charge in [0.1, 0.15) is 5.69 Å². The number of carbonyl (C=O) groups excluding carboxylic acids is 1. The van der Waals surface area contributed by atoms with Crippen LogP contribution >= 0.6 is 0 Å². The number of amides is 2. The number of aromatic carboxylic acids is 1. The summed E-state index contributed by atoms with van der Waals surface area (Å²) >= 11 is 0. The van der Waals surface area contributed by atoms with E-state index in [2.05, 4.69) is 10.3 Å². The van der Waals surface area contributed by atoms with E-state index in [0.29, 0.717) is 12.2 Å². The molecule has 0 aromatic carbocycles. The molecular weight excluding hydrogens is 246 g/mol. The van der Waals surface area contributed by atoms with Crippen LogP contribution in [0, 0.1) is 0 Å². The van der Waals surface area contributed by atoms with Crippen LogP contribution in [0.4, 0.5) is 10.5 Å². The van der Waals surface area contributed by atoms with E-state index >= 15 is 0 Å². The average Bonchev–Trinajstić information content (AvgIpc) is 2.36. The number of aromatic nitrogens is 1. The summed E-state index contributed by atoms with van der Waals surface area (Å²) in [6, 6.07) is 2.78. The third kappa shape index (κ3) is 4.24. The number of carbonyl (C=O) groups is 2. The van der Waals surface area contributed by atoms with Gasteiger partial charge >= 0.3 is 12.0 Å². The minimum atomic E-state index is -1.09. The summed E-state index contributed by atoms with van der Waals surface area (Å²) in [5.41, 5.74) is 0.434. The SMILES string of the molecule is CCCN(C(=O)Nc1ccc(C(=O)O)nc1)C(C)C. The van der Waals surface area contributed by atoms with Gasteiger partial charge in [-0.25, -0.2) is 14.6 Å². The van der Waals surface area contributed by atoms with Crippen molar-refractivity contribution in [2.45, 2.75) is 33.2 Å². The van der Waals surface area contributed by atoms with Crippen LogP contribution in [0.5, 0.6) is 0 Å². The predicted molar refractivity (Wildman–Crippen MR) is 72.3 cm³/mol. The van der Waals surface area contributed by atoms with Gasteiger partial charge in [0, 0.05) is 12.6 Å². The van der Waals surface area contributed by atoms with Crippen molar-refractivity contribution in [2.75, 3.05) is 11.9 Å². The first-order valence-electron chi connectivity index (χ1n) is 6.22. The maximum absolute atomic E-state index is 12.0. The molecule has 0 atom stereocenters. The van der Waals surface area contributed by atoms with E-state index in [9.17, 15) is 9.59 Å². The second-order valence-electron chi connectivity index (χ2n) is 4.45. The van der Waals surface area contributed by atoms with E-state index in [-0.39, 0.29) is 17.8 Å². The summed E-state index contributed by atoms with van der Waals surface area (Å²) in [5, 5.41) is 11.4. The van der Waals surface area contributed by atoms with Crippen LogP contribution in [-0.4, -0.2) is 39.6 Å². The molecule has 6 nitrogen and oxygen atoms in total. The van der Waals surface area contributed by atoms with Gasteiger partial charge in [0.05, 0.1) is 11.9 Å². The fourth-order valence-corrected chi connectivity index (χ4v) is 1.62. The summed E-state index contributed by atoms with van der Waals surface area (Å²) in [7, 11) is 0. The smallest absolute Gasteiger partial charge is 0.354 e. The van der Waals surface area contributed by atoms with Gasteiger partial charge in [-0.3, -0.25) is 0 Å². The number of anilines is 1. The van der Waals surface area contributed by atoms with Gasteiger partial charge in [0.25, 0.3) is 0 Å². The monoisotopic (exact) mass is 265 g/mol. The minimum Gasteiger partial charge on any atom is -0.477 e. The molecule has 1 aromatic rings. The summed E-state index contributed by atoms with van der Waals surface area (Å²) < 4.78 is 0. The molecule has 0 radical (unpaired) electrons. The van der Waals surface area contributed by atoms with Gasteiger partial charge in [-0.2, -0.15) is 0 Å². The normalized spacial score (nSPS) is 10.3. The summed E-state index contributed by atoms with van der Waals surface area (Å²) in [6.45, 7) is 6.57. The van der Waals surface area contributed by atoms with Gasteiger partial charge in [-0.05, 0) is 32.4 Å². The zero-order valence-corrected chi connectivity index (χ0v) is 11.4. The number of nitrogens with zero attached hydrogens (tertiary/aromatic N) is 2. The molecule has 1 heterocycles. The standard InChI is InChI=1S/C13H19N3O3/c1-4-7-16(9(2)3)13(19)15-10-5-6-11(12(17)18)14-8-10/h5-6,8-9H,4,7H2,1-3H3,(H,15,19)(H,17,18). The number of hydrogen-bond acceptors (Lipinski definition) is 3. The third-order valence-electron chi connectivity index (χ3n) is 2.58. The predicted octanol–water partition coefficient (Wildman–Crippen LogP) is 2.43. The fourth-order valence-electron chi connectivity index (χ4n) is 1.62. The maximum atomic E-state index is 12.0. The third-order valence-corrected chi connectivity index (χ3v) is 2.58. The summed E-state index contributed by atoms with van der Waals surface area (Å²) in [5.74, 6) is -1.09. The Bertz CT molecular complexity index is 443. The highest BCUT2D eigenvalue weighted by Gasteiger charge is 2.16. The van der Waals surface area contributed by atoms with Crippen LogP contribution in [0.2, 0.25) is 0 Å². The molecule has 104 valence electrons. The van der Waals surface area contributed by atoms with Gasteiger partial charge in [-0.1, -0.05) is 6.92 Å². The molecule has 0 aliphatic heterocycles. The van der Waals surface area contributed by atoms with Crippen LogP contribution in [0.15, 0.2) is 18.3 Å². The van der Waals surface area contributed by atoms with E-state index in [1.54, 1.807) is 4.90 Å². The molecule has 19 heavy (non-hydrogen) atoms. The minimum absolute atomic E-state index is 0.0488. The Labute approximate surface area is 112 Å². The van der Waals surface area contributed by atoms with Crippen molar-refractivity contribution in [1.29, 1.82) is 0 Å². The molecule has 2 N–H and O–H groups in total. The van der Waals surface area contributed by atoms with Crippen molar-refractivity contribution < 1.29 is 14.7 Å². The molecule has 0 saturated carbocycles. The fraction of sp³-hybridized carbons (Fsp3) is 0.462. The molecule has 0 aliphatic rings. The molecule has 0 aliphatic carbocycles. The number of carboxylic acid groups (broad SMARTS) is 1. The quantitative estimate of drug-likeness (QED) is 0.856. The van der Waals surface area contributed by atoms with Crippen LogP contribution in [0.25, 0.3) is 0 Å². The number of rotatable bonds is 5. The van der Waals surface area contributed by atoms with Gasteiger partial charge in [0.2, 0.25) is 0 Å². The van der Waals surface area contributed by atoms with Crippen LogP contribution in [-0.2, 0) is 0 Å². The average molecular weight is 265 g/mol. The highest BCUT2D eigenvalue weighted by molar-refractivity contribution is 5.90. The van der Waals surface area contributed by atoms with Crippen LogP contribution in [0.1, 0.15) is 37.7 Å². The zero-order valence-electron chi connectivity index (χ0n) is 11.4. The molecule has 1 rings (SSSR count). The number of carboxylic acids is 1. The highest BCUT2D eigenvalue weighted by atomic mass is 16.4. The van der Waals surface area contributed by atoms with E-state index in [4.69, 9.17) is 5.11 Å². The summed E-state index contributed by atoms with van der Waals surface area (Å²) in [4.78, 5) is 28.2. The first kappa shape index (κ1) is 14.9. The Morgan fingerprint density at radius 1 is 1.42 bits per heavy atom. The second-order valence-corrected chi connectivity index (χ2v) is 4.45. The Balaban J connectivity index is 2.72. The number of pyridine rings is 1. The van der Waals surface area contributed by atoms with Crippen LogP contribution < -0.4 is 5.32 Å². The molecule has 0 unspecified atom stereocenters. The lowest BCUT2D eigenvalue weighted by Gasteiger charge is -2.26. The van der Waals surface area contributed by atoms with Gasteiger partial charge in [0.15, 0.2) is 0 Å². The van der Waals surface area contributed by atoms with Gasteiger partial charge < -0.3 is 15.3 Å². The Kier molecular flexibility index (Phi) is 5.29.